The predicted molar refractivity (Wildman–Crippen MR) is 166 cm³/mol. The van der Waals surface area contributed by atoms with Gasteiger partial charge < -0.3 is 19.4 Å². The number of piperidine rings is 1. The maximum Gasteiger partial charge on any atom is 0.258 e. The van der Waals surface area contributed by atoms with Crippen molar-refractivity contribution in [2.45, 2.75) is 57.3 Å². The van der Waals surface area contributed by atoms with Gasteiger partial charge in [0.1, 0.15) is 5.75 Å². The molecule has 0 N–H and O–H groups in total. The van der Waals surface area contributed by atoms with Crippen molar-refractivity contribution in [3.63, 3.8) is 0 Å². The van der Waals surface area contributed by atoms with Crippen LogP contribution in [0.5, 0.6) is 5.75 Å². The molecule has 3 aromatic carbocycles. The van der Waals surface area contributed by atoms with E-state index in [4.69, 9.17) is 4.74 Å². The summed E-state index contributed by atoms with van der Waals surface area (Å²) in [7, 11) is 0. The molecule has 0 bridgehead atoms. The van der Waals surface area contributed by atoms with Gasteiger partial charge in [0.15, 0.2) is 0 Å². The van der Waals surface area contributed by atoms with Gasteiger partial charge in [0.2, 0.25) is 5.91 Å². The first-order valence-corrected chi connectivity index (χ1v) is 15.8. The van der Waals surface area contributed by atoms with Crippen molar-refractivity contribution in [2.75, 3.05) is 49.1 Å². The Hall–Kier alpha value is -3.64. The van der Waals surface area contributed by atoms with Gasteiger partial charge in [-0.1, -0.05) is 18.2 Å². The number of benzene rings is 3. The minimum atomic E-state index is 0.0621. The summed E-state index contributed by atoms with van der Waals surface area (Å²) >= 11 is 0. The molecule has 3 aromatic rings. The molecule has 5 aliphatic rings. The number of anilines is 2. The van der Waals surface area contributed by atoms with Gasteiger partial charge in [-0.25, -0.2) is 0 Å². The van der Waals surface area contributed by atoms with Crippen molar-refractivity contribution < 1.29 is 14.3 Å². The normalized spacial score (nSPS) is 21.1. The fraction of sp³-hybridized carbons (Fsp3) is 0.444. The van der Waals surface area contributed by atoms with Crippen LogP contribution in [0, 0.1) is 12.8 Å². The average Bonchev–Trinajstić information content (AvgIpc) is 3.40. The maximum atomic E-state index is 13.8. The van der Waals surface area contributed by atoms with E-state index in [1.165, 1.54) is 30.5 Å². The summed E-state index contributed by atoms with van der Waals surface area (Å²) in [6.45, 7) is 7.91. The Morgan fingerprint density at radius 1 is 0.952 bits per heavy atom. The smallest absolute Gasteiger partial charge is 0.258 e. The molecular weight excluding hydrogens is 522 g/mol. The van der Waals surface area contributed by atoms with Crippen LogP contribution in [0.15, 0.2) is 54.6 Å². The number of rotatable bonds is 5. The Morgan fingerprint density at radius 3 is 2.48 bits per heavy atom. The third-order valence-electron chi connectivity index (χ3n) is 10.5. The Balaban J connectivity index is 1.01. The van der Waals surface area contributed by atoms with Crippen LogP contribution < -0.4 is 14.5 Å². The van der Waals surface area contributed by atoms with Crippen LogP contribution in [0.4, 0.5) is 11.4 Å². The van der Waals surface area contributed by atoms with Crippen molar-refractivity contribution in [1.29, 1.82) is 0 Å². The number of hydrogen-bond donors (Lipinski definition) is 0. The van der Waals surface area contributed by atoms with Crippen molar-refractivity contribution in [3.05, 3.63) is 76.9 Å². The molecule has 0 aromatic heterocycles. The molecule has 3 fully saturated rings. The summed E-state index contributed by atoms with van der Waals surface area (Å²) in [5.74, 6) is 2.24. The van der Waals surface area contributed by atoms with Crippen LogP contribution in [0.2, 0.25) is 0 Å². The predicted octanol–water partition coefficient (Wildman–Crippen LogP) is 6.13. The highest BCUT2D eigenvalue weighted by atomic mass is 16.5. The molecule has 216 valence electrons. The summed E-state index contributed by atoms with van der Waals surface area (Å²) in [6.07, 6.45) is 7.50. The van der Waals surface area contributed by atoms with Gasteiger partial charge >= 0.3 is 0 Å². The summed E-state index contributed by atoms with van der Waals surface area (Å²) in [6, 6.07) is 18.8. The van der Waals surface area contributed by atoms with Crippen LogP contribution in [-0.2, 0) is 16.6 Å². The number of ether oxygens (including phenoxy) is 1. The molecule has 0 atom stereocenters. The van der Waals surface area contributed by atoms with Crippen LogP contribution in [0.3, 0.4) is 0 Å². The van der Waals surface area contributed by atoms with E-state index in [0.717, 1.165) is 91.7 Å². The van der Waals surface area contributed by atoms with Crippen LogP contribution in [0.1, 0.15) is 65.6 Å². The van der Waals surface area contributed by atoms with E-state index >= 15 is 0 Å². The van der Waals surface area contributed by atoms with Crippen molar-refractivity contribution >= 4 is 23.2 Å². The summed E-state index contributed by atoms with van der Waals surface area (Å²) in [4.78, 5) is 32.5. The molecule has 0 unspecified atom stereocenters. The SMILES string of the molecule is Cc1cc(N2CCCC2=O)ccc1-c1ccc(C(=O)N2CCc3cc4c(cc32)C2(CCN(CC3CC3)CC2)CO4)cc1. The van der Waals surface area contributed by atoms with E-state index in [-0.39, 0.29) is 17.2 Å². The van der Waals surface area contributed by atoms with E-state index < -0.39 is 0 Å². The molecule has 2 saturated heterocycles. The number of hydrogen-bond acceptors (Lipinski definition) is 4. The van der Waals surface area contributed by atoms with E-state index in [1.807, 2.05) is 40.1 Å². The Kier molecular flexibility index (Phi) is 6.18. The van der Waals surface area contributed by atoms with Gasteiger partial charge in [-0.2, -0.15) is 0 Å². The second kappa shape index (κ2) is 9.98. The van der Waals surface area contributed by atoms with Crippen molar-refractivity contribution in [3.8, 4) is 16.9 Å². The van der Waals surface area contributed by atoms with Crippen LogP contribution in [0.25, 0.3) is 11.1 Å². The highest BCUT2D eigenvalue weighted by Gasteiger charge is 2.45. The fourth-order valence-electron chi connectivity index (χ4n) is 7.71. The van der Waals surface area contributed by atoms with Gasteiger partial charge in [0.25, 0.3) is 5.91 Å². The number of likely N-dealkylation sites (tertiary alicyclic amines) is 1. The number of aryl methyl sites for hydroxylation is 1. The third-order valence-corrected chi connectivity index (χ3v) is 10.5. The topological polar surface area (TPSA) is 53.1 Å². The highest BCUT2D eigenvalue weighted by Crippen LogP contribution is 2.49. The number of fused-ring (bicyclic) bond motifs is 3. The van der Waals surface area contributed by atoms with Gasteiger partial charge in [-0.15, -0.1) is 0 Å². The number of nitrogens with zero attached hydrogens (tertiary/aromatic N) is 3. The largest absolute Gasteiger partial charge is 0.492 e. The lowest BCUT2D eigenvalue weighted by atomic mass is 9.74. The van der Waals surface area contributed by atoms with Crippen molar-refractivity contribution in [1.82, 2.24) is 4.90 Å². The lowest BCUT2D eigenvalue weighted by Crippen LogP contribution is -2.44. The van der Waals surface area contributed by atoms with E-state index in [9.17, 15) is 9.59 Å². The van der Waals surface area contributed by atoms with Gasteiger partial charge in [-0.05, 0) is 123 Å². The first kappa shape index (κ1) is 26.0. The minimum absolute atomic E-state index is 0.0621. The van der Waals surface area contributed by atoms with Gasteiger partial charge in [0, 0.05) is 54.0 Å². The number of amides is 2. The zero-order valence-electron chi connectivity index (χ0n) is 24.5. The quantitative estimate of drug-likeness (QED) is 0.376. The average molecular weight is 562 g/mol. The first-order valence-electron chi connectivity index (χ1n) is 15.8. The summed E-state index contributed by atoms with van der Waals surface area (Å²) in [5.41, 5.74) is 8.70. The molecule has 8 rings (SSSR count). The molecule has 1 spiro atoms. The van der Waals surface area contributed by atoms with E-state index in [1.54, 1.807) is 0 Å². The third kappa shape index (κ3) is 4.43. The molecular formula is C36H39N3O3. The number of carbonyl (C=O) groups is 2. The van der Waals surface area contributed by atoms with E-state index in [0.29, 0.717) is 18.5 Å². The molecule has 2 amide bonds. The molecule has 6 nitrogen and oxygen atoms in total. The second-order valence-corrected chi connectivity index (χ2v) is 13.2. The van der Waals surface area contributed by atoms with Crippen LogP contribution >= 0.6 is 0 Å². The molecule has 6 heteroatoms. The monoisotopic (exact) mass is 561 g/mol. The lowest BCUT2D eigenvalue weighted by molar-refractivity contribution is -0.117. The lowest BCUT2D eigenvalue weighted by Gasteiger charge is -2.38. The summed E-state index contributed by atoms with van der Waals surface area (Å²) < 4.78 is 6.29. The standard InChI is InChI=1S/C36H39N3O3/c1-24-19-29(38-15-2-3-34(38)40)10-11-30(24)26-6-8-27(9-7-26)35(41)39-16-12-28-20-33-31(21-32(28)39)36(23-42-33)13-17-37(18-14-36)22-25-4-5-25/h6-11,19-21,25H,2-5,12-18,22-23H2,1H3. The Morgan fingerprint density at radius 2 is 1.76 bits per heavy atom. The molecule has 1 aliphatic carbocycles. The van der Waals surface area contributed by atoms with Crippen molar-refractivity contribution in [2.24, 2.45) is 5.92 Å². The summed E-state index contributed by atoms with van der Waals surface area (Å²) in [5, 5.41) is 0. The molecule has 1 saturated carbocycles. The molecule has 4 aliphatic heterocycles. The van der Waals surface area contributed by atoms with E-state index in [2.05, 4.69) is 36.1 Å². The zero-order valence-corrected chi connectivity index (χ0v) is 24.5. The zero-order chi connectivity index (χ0) is 28.4. The first-order chi connectivity index (χ1) is 20.5. The van der Waals surface area contributed by atoms with Gasteiger partial charge in [-0.3, -0.25) is 9.59 Å². The van der Waals surface area contributed by atoms with Gasteiger partial charge in [0.05, 0.1) is 6.61 Å². The molecule has 42 heavy (non-hydrogen) atoms. The molecule has 4 heterocycles. The fourth-order valence-corrected chi connectivity index (χ4v) is 7.71. The Bertz CT molecular complexity index is 1570. The number of carbonyl (C=O) groups excluding carboxylic acids is 2. The minimum Gasteiger partial charge on any atom is -0.492 e. The van der Waals surface area contributed by atoms with Crippen LogP contribution in [-0.4, -0.2) is 56.0 Å². The molecule has 0 radical (unpaired) electrons. The Labute approximate surface area is 248 Å². The highest BCUT2D eigenvalue weighted by molar-refractivity contribution is 6.07. The second-order valence-electron chi connectivity index (χ2n) is 13.2. The maximum absolute atomic E-state index is 13.8.